The third-order valence-electron chi connectivity index (χ3n) is 5.54. The molecular formula is C19H22FN3O4. The van der Waals surface area contributed by atoms with Crippen molar-refractivity contribution < 1.29 is 18.4 Å². The minimum Gasteiger partial charge on any atom is -0.408 e. The maximum atomic E-state index is 13.5. The maximum absolute atomic E-state index is 13.5. The Kier molecular flexibility index (Phi) is 4.72. The van der Waals surface area contributed by atoms with Crippen LogP contribution in [0.5, 0.6) is 0 Å². The summed E-state index contributed by atoms with van der Waals surface area (Å²) in [5.41, 5.74) is 0.525. The molecule has 1 aromatic heterocycles. The van der Waals surface area contributed by atoms with Crippen molar-refractivity contribution in [1.29, 1.82) is 0 Å². The van der Waals surface area contributed by atoms with Gasteiger partial charge >= 0.3 is 5.76 Å². The molecule has 0 N–H and O–H groups in total. The van der Waals surface area contributed by atoms with Gasteiger partial charge in [0, 0.05) is 38.2 Å². The summed E-state index contributed by atoms with van der Waals surface area (Å²) in [5.74, 6) is -1.23. The third-order valence-corrected chi connectivity index (χ3v) is 5.54. The van der Waals surface area contributed by atoms with Crippen LogP contribution in [0.4, 0.5) is 4.39 Å². The van der Waals surface area contributed by atoms with Crippen LogP contribution in [0.1, 0.15) is 25.7 Å². The van der Waals surface area contributed by atoms with Crippen LogP contribution in [0.15, 0.2) is 27.4 Å². The van der Waals surface area contributed by atoms with E-state index in [9.17, 15) is 18.8 Å². The molecule has 0 atom stereocenters. The Morgan fingerprint density at radius 2 is 1.78 bits per heavy atom. The summed E-state index contributed by atoms with van der Waals surface area (Å²) in [7, 11) is 0. The highest BCUT2D eigenvalue weighted by molar-refractivity contribution is 5.81. The van der Waals surface area contributed by atoms with E-state index in [1.54, 1.807) is 4.90 Å². The lowest BCUT2D eigenvalue weighted by atomic mass is 9.95. The Balaban J connectivity index is 1.40. The van der Waals surface area contributed by atoms with Gasteiger partial charge in [0.15, 0.2) is 5.58 Å². The summed E-state index contributed by atoms with van der Waals surface area (Å²) in [4.78, 5) is 40.7. The summed E-state index contributed by atoms with van der Waals surface area (Å²) >= 11 is 0. The normalized spacial score (nSPS) is 18.4. The molecule has 0 radical (unpaired) electrons. The molecule has 0 aliphatic carbocycles. The van der Waals surface area contributed by atoms with Crippen LogP contribution in [0.3, 0.4) is 0 Å². The largest absolute Gasteiger partial charge is 0.420 e. The van der Waals surface area contributed by atoms with Crippen molar-refractivity contribution in [3.05, 3.63) is 34.6 Å². The summed E-state index contributed by atoms with van der Waals surface area (Å²) in [5, 5.41) is 0. The molecule has 0 spiro atoms. The number of hydrogen-bond donors (Lipinski definition) is 0. The molecule has 27 heavy (non-hydrogen) atoms. The summed E-state index contributed by atoms with van der Waals surface area (Å²) < 4.78 is 19.7. The number of carbonyl (C=O) groups is 2. The molecule has 2 aliphatic rings. The van der Waals surface area contributed by atoms with Gasteiger partial charge in [0.2, 0.25) is 11.8 Å². The van der Waals surface area contributed by atoms with E-state index in [1.807, 2.05) is 4.90 Å². The molecule has 0 unspecified atom stereocenters. The van der Waals surface area contributed by atoms with E-state index in [0.29, 0.717) is 25.9 Å². The number of benzene rings is 1. The first kappa shape index (κ1) is 17.8. The molecule has 8 heteroatoms. The first-order valence-electron chi connectivity index (χ1n) is 9.38. The predicted molar refractivity (Wildman–Crippen MR) is 95.6 cm³/mol. The van der Waals surface area contributed by atoms with Crippen LogP contribution in [0, 0.1) is 11.7 Å². The number of hydrogen-bond acceptors (Lipinski definition) is 4. The minimum atomic E-state index is -0.678. The molecular weight excluding hydrogens is 353 g/mol. The highest BCUT2D eigenvalue weighted by Crippen LogP contribution is 2.22. The zero-order valence-electron chi connectivity index (χ0n) is 15.0. The van der Waals surface area contributed by atoms with Crippen molar-refractivity contribution >= 4 is 22.9 Å². The van der Waals surface area contributed by atoms with E-state index in [0.717, 1.165) is 30.5 Å². The lowest BCUT2D eigenvalue weighted by Crippen LogP contribution is -2.45. The second-order valence-corrected chi connectivity index (χ2v) is 7.25. The zero-order valence-corrected chi connectivity index (χ0v) is 15.0. The Labute approximate surface area is 155 Å². The van der Waals surface area contributed by atoms with Gasteiger partial charge in [-0.05, 0) is 37.8 Å². The molecule has 2 saturated heterocycles. The fourth-order valence-electron chi connectivity index (χ4n) is 3.99. The summed E-state index contributed by atoms with van der Waals surface area (Å²) in [6.45, 7) is 2.46. The highest BCUT2D eigenvalue weighted by atomic mass is 19.1. The second kappa shape index (κ2) is 7.17. The standard InChI is InChI=1S/C19H22FN3O4/c20-14-3-4-16-15(11-14)23(19(26)27-16)12-17(24)21-9-5-13(6-10-21)18(25)22-7-1-2-8-22/h3-4,11,13H,1-2,5-10,12H2. The fourth-order valence-corrected chi connectivity index (χ4v) is 3.99. The first-order valence-corrected chi connectivity index (χ1v) is 9.38. The Morgan fingerprint density at radius 3 is 2.48 bits per heavy atom. The quantitative estimate of drug-likeness (QED) is 0.817. The molecule has 2 aliphatic heterocycles. The molecule has 7 nitrogen and oxygen atoms in total. The molecule has 3 heterocycles. The van der Waals surface area contributed by atoms with Crippen molar-refractivity contribution in [2.24, 2.45) is 5.92 Å². The number of amides is 2. The van der Waals surface area contributed by atoms with Gasteiger partial charge in [0.25, 0.3) is 0 Å². The van der Waals surface area contributed by atoms with Crippen LogP contribution in [0.25, 0.3) is 11.1 Å². The summed E-state index contributed by atoms with van der Waals surface area (Å²) in [6.07, 6.45) is 3.40. The van der Waals surface area contributed by atoms with Gasteiger partial charge in [-0.15, -0.1) is 0 Å². The topological polar surface area (TPSA) is 75.8 Å². The van der Waals surface area contributed by atoms with Crippen LogP contribution in [-0.2, 0) is 16.1 Å². The predicted octanol–water partition coefficient (Wildman–Crippen LogP) is 1.59. The number of halogens is 1. The van der Waals surface area contributed by atoms with Crippen LogP contribution in [0.2, 0.25) is 0 Å². The number of rotatable bonds is 3. The lowest BCUT2D eigenvalue weighted by Gasteiger charge is -2.33. The van der Waals surface area contributed by atoms with Crippen LogP contribution >= 0.6 is 0 Å². The zero-order chi connectivity index (χ0) is 19.0. The van der Waals surface area contributed by atoms with Crippen LogP contribution in [-0.4, -0.2) is 52.4 Å². The maximum Gasteiger partial charge on any atom is 0.420 e. The third kappa shape index (κ3) is 3.48. The smallest absolute Gasteiger partial charge is 0.408 e. The van der Waals surface area contributed by atoms with E-state index >= 15 is 0 Å². The average Bonchev–Trinajstić information content (AvgIpc) is 3.30. The van der Waals surface area contributed by atoms with E-state index in [1.165, 1.54) is 18.2 Å². The van der Waals surface area contributed by atoms with Crippen molar-refractivity contribution in [2.45, 2.75) is 32.2 Å². The van der Waals surface area contributed by atoms with E-state index in [4.69, 9.17) is 4.42 Å². The molecule has 0 bridgehead atoms. The number of carbonyl (C=O) groups excluding carboxylic acids is 2. The monoisotopic (exact) mass is 375 g/mol. The van der Waals surface area contributed by atoms with Gasteiger partial charge < -0.3 is 14.2 Å². The summed E-state index contributed by atoms with van der Waals surface area (Å²) in [6, 6.07) is 3.77. The molecule has 0 saturated carbocycles. The number of aromatic nitrogens is 1. The average molecular weight is 375 g/mol. The van der Waals surface area contributed by atoms with E-state index < -0.39 is 11.6 Å². The Bertz CT molecular complexity index is 921. The van der Waals surface area contributed by atoms with Gasteiger partial charge in [-0.2, -0.15) is 0 Å². The number of fused-ring (bicyclic) bond motifs is 1. The van der Waals surface area contributed by atoms with Gasteiger partial charge in [-0.3, -0.25) is 14.2 Å². The molecule has 2 aromatic rings. The first-order chi connectivity index (χ1) is 13.0. The van der Waals surface area contributed by atoms with Gasteiger partial charge in [0.05, 0.1) is 5.52 Å². The van der Waals surface area contributed by atoms with Crippen molar-refractivity contribution in [2.75, 3.05) is 26.2 Å². The molecule has 2 amide bonds. The molecule has 2 fully saturated rings. The highest BCUT2D eigenvalue weighted by Gasteiger charge is 2.31. The second-order valence-electron chi connectivity index (χ2n) is 7.25. The van der Waals surface area contributed by atoms with Gasteiger partial charge in [0.1, 0.15) is 12.4 Å². The molecule has 1 aromatic carbocycles. The lowest BCUT2D eigenvalue weighted by molar-refractivity contribution is -0.140. The number of oxazole rings is 1. The van der Waals surface area contributed by atoms with Crippen molar-refractivity contribution in [1.82, 2.24) is 14.4 Å². The number of nitrogens with zero attached hydrogens (tertiary/aromatic N) is 3. The van der Waals surface area contributed by atoms with Gasteiger partial charge in [-0.1, -0.05) is 0 Å². The molecule has 4 rings (SSSR count). The molecule has 144 valence electrons. The van der Waals surface area contributed by atoms with E-state index in [2.05, 4.69) is 0 Å². The Hall–Kier alpha value is -2.64. The Morgan fingerprint density at radius 1 is 1.07 bits per heavy atom. The van der Waals surface area contributed by atoms with Gasteiger partial charge in [-0.25, -0.2) is 9.18 Å². The minimum absolute atomic E-state index is 0.0290. The fraction of sp³-hybridized carbons (Fsp3) is 0.526. The number of piperidine rings is 1. The van der Waals surface area contributed by atoms with E-state index in [-0.39, 0.29) is 35.4 Å². The SMILES string of the molecule is O=C(Cn1c(=O)oc2ccc(F)cc21)N1CCC(C(=O)N2CCCC2)CC1. The number of likely N-dealkylation sites (tertiary alicyclic amines) is 2. The van der Waals surface area contributed by atoms with Crippen molar-refractivity contribution in [3.63, 3.8) is 0 Å². The van der Waals surface area contributed by atoms with Crippen LogP contribution < -0.4 is 5.76 Å². The van der Waals surface area contributed by atoms with Crippen molar-refractivity contribution in [3.8, 4) is 0 Å².